The van der Waals surface area contributed by atoms with Crippen LogP contribution in [0.25, 0.3) is 0 Å². The standard InChI is InChI=1S/C17H16Cl2N2O5S/c1-27(23,24)21(12-3-5-15-16(9-12)26-7-6-25-15)10-17(22)20-11-2-4-13(18)14(19)8-11/h2-5,8-9H,6-7,10H2,1H3,(H,20,22). The van der Waals surface area contributed by atoms with E-state index in [0.29, 0.717) is 41.1 Å². The van der Waals surface area contributed by atoms with Crippen molar-refractivity contribution >= 4 is 50.5 Å². The number of carbonyl (C=O) groups is 1. The maximum atomic E-state index is 12.4. The Hall–Kier alpha value is -2.16. The summed E-state index contributed by atoms with van der Waals surface area (Å²) in [7, 11) is -3.72. The van der Waals surface area contributed by atoms with Crippen molar-refractivity contribution in [1.29, 1.82) is 0 Å². The molecule has 1 aliphatic heterocycles. The fourth-order valence-corrected chi connectivity index (χ4v) is 3.64. The molecule has 1 N–H and O–H groups in total. The van der Waals surface area contributed by atoms with Gasteiger partial charge in [-0.25, -0.2) is 8.42 Å². The molecule has 0 aromatic heterocycles. The number of halogens is 2. The number of ether oxygens (including phenoxy) is 2. The zero-order valence-electron chi connectivity index (χ0n) is 14.2. The van der Waals surface area contributed by atoms with E-state index in [1.807, 2.05) is 0 Å². The highest BCUT2D eigenvalue weighted by atomic mass is 35.5. The molecule has 0 aliphatic carbocycles. The molecule has 0 saturated heterocycles. The minimum Gasteiger partial charge on any atom is -0.486 e. The van der Waals surface area contributed by atoms with Crippen molar-refractivity contribution < 1.29 is 22.7 Å². The third-order valence-electron chi connectivity index (χ3n) is 3.70. The molecule has 27 heavy (non-hydrogen) atoms. The number of hydrogen-bond acceptors (Lipinski definition) is 5. The van der Waals surface area contributed by atoms with Gasteiger partial charge in [0.2, 0.25) is 15.9 Å². The first-order chi connectivity index (χ1) is 12.7. The van der Waals surface area contributed by atoms with E-state index in [1.165, 1.54) is 18.2 Å². The number of fused-ring (bicyclic) bond motifs is 1. The summed E-state index contributed by atoms with van der Waals surface area (Å²) in [5, 5.41) is 3.23. The summed E-state index contributed by atoms with van der Waals surface area (Å²) < 4.78 is 36.3. The van der Waals surface area contributed by atoms with E-state index in [-0.39, 0.29) is 5.02 Å². The summed E-state index contributed by atoms with van der Waals surface area (Å²) >= 11 is 11.8. The largest absolute Gasteiger partial charge is 0.486 e. The van der Waals surface area contributed by atoms with E-state index in [2.05, 4.69) is 5.32 Å². The first-order valence-electron chi connectivity index (χ1n) is 7.86. The highest BCUT2D eigenvalue weighted by Crippen LogP contribution is 2.34. The van der Waals surface area contributed by atoms with Gasteiger partial charge < -0.3 is 14.8 Å². The molecule has 0 radical (unpaired) electrons. The second kappa shape index (κ2) is 7.84. The fraction of sp³-hybridized carbons (Fsp3) is 0.235. The second-order valence-corrected chi connectivity index (χ2v) is 8.50. The Labute approximate surface area is 166 Å². The van der Waals surface area contributed by atoms with E-state index in [4.69, 9.17) is 32.7 Å². The zero-order chi connectivity index (χ0) is 19.6. The summed E-state index contributed by atoms with van der Waals surface area (Å²) in [5.74, 6) is 0.421. The lowest BCUT2D eigenvalue weighted by Gasteiger charge is -2.24. The van der Waals surface area contributed by atoms with E-state index in [0.717, 1.165) is 10.6 Å². The van der Waals surface area contributed by atoms with Gasteiger partial charge >= 0.3 is 0 Å². The predicted octanol–water partition coefficient (Wildman–Crippen LogP) is 3.17. The van der Waals surface area contributed by atoms with Gasteiger partial charge in [-0.15, -0.1) is 0 Å². The van der Waals surface area contributed by atoms with Gasteiger partial charge in [-0.3, -0.25) is 9.10 Å². The smallest absolute Gasteiger partial charge is 0.245 e. The molecule has 3 rings (SSSR count). The van der Waals surface area contributed by atoms with Crippen molar-refractivity contribution in [2.24, 2.45) is 0 Å². The lowest BCUT2D eigenvalue weighted by molar-refractivity contribution is -0.114. The van der Waals surface area contributed by atoms with E-state index in [1.54, 1.807) is 18.2 Å². The van der Waals surface area contributed by atoms with E-state index < -0.39 is 22.5 Å². The van der Waals surface area contributed by atoms with Crippen LogP contribution in [-0.4, -0.2) is 40.3 Å². The first-order valence-corrected chi connectivity index (χ1v) is 10.5. The number of benzene rings is 2. The molecule has 1 amide bonds. The van der Waals surface area contributed by atoms with Crippen LogP contribution in [0.1, 0.15) is 0 Å². The van der Waals surface area contributed by atoms with Crippen LogP contribution in [0.3, 0.4) is 0 Å². The van der Waals surface area contributed by atoms with Gasteiger partial charge in [0.15, 0.2) is 11.5 Å². The molecular formula is C17H16Cl2N2O5S. The molecule has 0 saturated carbocycles. The molecule has 0 unspecified atom stereocenters. The molecule has 10 heteroatoms. The first kappa shape index (κ1) is 19.6. The van der Waals surface area contributed by atoms with Gasteiger partial charge in [0.25, 0.3) is 0 Å². The van der Waals surface area contributed by atoms with Crippen molar-refractivity contribution in [2.75, 3.05) is 35.6 Å². The highest BCUT2D eigenvalue weighted by Gasteiger charge is 2.23. The van der Waals surface area contributed by atoms with Gasteiger partial charge in [-0.1, -0.05) is 23.2 Å². The predicted molar refractivity (Wildman–Crippen MR) is 105 cm³/mol. The summed E-state index contributed by atoms with van der Waals surface area (Å²) in [4.78, 5) is 12.4. The Morgan fingerprint density at radius 1 is 1.07 bits per heavy atom. The Morgan fingerprint density at radius 3 is 2.44 bits per heavy atom. The minimum atomic E-state index is -3.72. The topological polar surface area (TPSA) is 84.9 Å². The number of sulfonamides is 1. The average Bonchev–Trinajstić information content (AvgIpc) is 2.61. The van der Waals surface area contributed by atoms with Crippen LogP contribution in [0, 0.1) is 0 Å². The number of carbonyl (C=O) groups excluding carboxylic acids is 1. The number of anilines is 2. The number of amides is 1. The van der Waals surface area contributed by atoms with E-state index >= 15 is 0 Å². The Balaban J connectivity index is 1.81. The van der Waals surface area contributed by atoms with Crippen LogP contribution in [0.2, 0.25) is 10.0 Å². The molecule has 0 bridgehead atoms. The molecule has 144 valence electrons. The molecule has 7 nitrogen and oxygen atoms in total. The van der Waals surface area contributed by atoms with Gasteiger partial charge in [-0.2, -0.15) is 0 Å². The van der Waals surface area contributed by atoms with Crippen molar-refractivity contribution in [2.45, 2.75) is 0 Å². The number of nitrogens with one attached hydrogen (secondary N) is 1. The van der Waals surface area contributed by atoms with Crippen molar-refractivity contribution in [1.82, 2.24) is 0 Å². The number of nitrogens with zero attached hydrogens (tertiary/aromatic N) is 1. The molecular weight excluding hydrogens is 415 g/mol. The van der Waals surface area contributed by atoms with Crippen molar-refractivity contribution in [3.8, 4) is 11.5 Å². The Morgan fingerprint density at radius 2 is 1.78 bits per heavy atom. The Kier molecular flexibility index (Phi) is 5.69. The van der Waals surface area contributed by atoms with Crippen LogP contribution in [0.4, 0.5) is 11.4 Å². The van der Waals surface area contributed by atoms with Crippen molar-refractivity contribution in [3.05, 3.63) is 46.4 Å². The van der Waals surface area contributed by atoms with Gasteiger partial charge in [0.1, 0.15) is 19.8 Å². The summed E-state index contributed by atoms with van der Waals surface area (Å²) in [6, 6.07) is 9.29. The normalized spacial score (nSPS) is 13.1. The molecule has 0 atom stereocenters. The minimum absolute atomic E-state index is 0.279. The molecule has 1 aliphatic rings. The molecule has 2 aromatic rings. The summed E-state index contributed by atoms with van der Waals surface area (Å²) in [6.07, 6.45) is 1.02. The van der Waals surface area contributed by atoms with Crippen LogP contribution in [0.15, 0.2) is 36.4 Å². The Bertz CT molecular complexity index is 981. The lowest BCUT2D eigenvalue weighted by Crippen LogP contribution is -2.37. The highest BCUT2D eigenvalue weighted by molar-refractivity contribution is 7.92. The summed E-state index contributed by atoms with van der Waals surface area (Å²) in [6.45, 7) is 0.375. The van der Waals surface area contributed by atoms with Gasteiger partial charge in [-0.05, 0) is 30.3 Å². The lowest BCUT2D eigenvalue weighted by atomic mass is 10.2. The molecule has 2 aromatic carbocycles. The van der Waals surface area contributed by atoms with Crippen LogP contribution >= 0.6 is 23.2 Å². The maximum Gasteiger partial charge on any atom is 0.245 e. The van der Waals surface area contributed by atoms with Crippen LogP contribution in [0.5, 0.6) is 11.5 Å². The van der Waals surface area contributed by atoms with Crippen molar-refractivity contribution in [3.63, 3.8) is 0 Å². The van der Waals surface area contributed by atoms with E-state index in [9.17, 15) is 13.2 Å². The second-order valence-electron chi connectivity index (χ2n) is 5.77. The van der Waals surface area contributed by atoms with Crippen LogP contribution in [-0.2, 0) is 14.8 Å². The number of rotatable bonds is 5. The molecule has 0 fully saturated rings. The van der Waals surface area contributed by atoms with Crippen LogP contribution < -0.4 is 19.1 Å². The maximum absolute atomic E-state index is 12.4. The fourth-order valence-electron chi connectivity index (χ4n) is 2.49. The summed E-state index contributed by atoms with van der Waals surface area (Å²) in [5.41, 5.74) is 0.705. The van der Waals surface area contributed by atoms with Gasteiger partial charge in [0, 0.05) is 11.8 Å². The third kappa shape index (κ3) is 4.77. The number of hydrogen-bond donors (Lipinski definition) is 1. The monoisotopic (exact) mass is 430 g/mol. The van der Waals surface area contributed by atoms with Gasteiger partial charge in [0.05, 0.1) is 22.0 Å². The average molecular weight is 431 g/mol. The molecule has 0 spiro atoms. The quantitative estimate of drug-likeness (QED) is 0.786. The third-order valence-corrected chi connectivity index (χ3v) is 5.58. The zero-order valence-corrected chi connectivity index (χ0v) is 16.6. The SMILES string of the molecule is CS(=O)(=O)N(CC(=O)Nc1ccc(Cl)c(Cl)c1)c1ccc2c(c1)OCCO2. The molecule has 1 heterocycles.